The van der Waals surface area contributed by atoms with Gasteiger partial charge in [0, 0.05) is 19.9 Å². The Morgan fingerprint density at radius 2 is 2.27 bits per heavy atom. The van der Waals surface area contributed by atoms with E-state index in [0.29, 0.717) is 0 Å². The minimum absolute atomic E-state index is 0.0526. The monoisotopic (exact) mass is 342 g/mol. The summed E-state index contributed by atoms with van der Waals surface area (Å²) in [5.41, 5.74) is 0.452. The van der Waals surface area contributed by atoms with Gasteiger partial charge >= 0.3 is 6.18 Å². The first kappa shape index (κ1) is 11.4. The van der Waals surface area contributed by atoms with Gasteiger partial charge in [0.1, 0.15) is 12.3 Å². The molecule has 0 aromatic carbocycles. The second kappa shape index (κ2) is 7.89. The Labute approximate surface area is 138 Å². The van der Waals surface area contributed by atoms with E-state index < -0.39 is 39.2 Å². The van der Waals surface area contributed by atoms with Gasteiger partial charge in [-0.1, -0.05) is 6.08 Å². The predicted molar refractivity (Wildman–Crippen MR) is 77.0 cm³/mol. The van der Waals surface area contributed by atoms with Gasteiger partial charge in [0.05, 0.1) is 31.4 Å². The summed E-state index contributed by atoms with van der Waals surface area (Å²) in [4.78, 5) is 0.783. The zero-order chi connectivity index (χ0) is 20.2. The largest absolute Gasteiger partial charge is 0.473 e. The Hall–Kier alpha value is -1.19. The van der Waals surface area contributed by atoms with Crippen LogP contribution in [-0.2, 0) is 4.74 Å². The van der Waals surface area contributed by atoms with Crippen molar-refractivity contribution in [3.8, 4) is 5.88 Å². The average molecular weight is 342 g/mol. The van der Waals surface area contributed by atoms with E-state index >= 15 is 0 Å². The van der Waals surface area contributed by atoms with E-state index in [9.17, 15) is 13.2 Å². The van der Waals surface area contributed by atoms with Gasteiger partial charge in [-0.2, -0.15) is 17.5 Å². The number of hydrogen-bond donors (Lipinski definition) is 0. The molecule has 1 aromatic rings. The maximum Gasteiger partial charge on any atom is 0.391 e. The normalized spacial score (nSPS) is 27.2. The summed E-state index contributed by atoms with van der Waals surface area (Å²) in [6, 6.07) is 0. The first-order valence-corrected chi connectivity index (χ1v) is 7.17. The lowest BCUT2D eigenvalue weighted by atomic mass is 10.1. The van der Waals surface area contributed by atoms with E-state index in [1.165, 1.54) is 0 Å². The van der Waals surface area contributed by atoms with Gasteiger partial charge in [-0.3, -0.25) is 0 Å². The standard InChI is InChI=1S/C13H18F3N3O2S/c1-19-5-2-3-10(9-19)11-12(18-22-17-11)21-8-7-20-6-4-13(14,15)16/h3H,2,4-9H2,1H3/i1D3,5D,9D. The Morgan fingerprint density at radius 3 is 3.05 bits per heavy atom. The fraction of sp³-hybridized carbons (Fsp3) is 0.692. The Morgan fingerprint density at radius 1 is 1.41 bits per heavy atom. The van der Waals surface area contributed by atoms with Gasteiger partial charge in [0.15, 0.2) is 0 Å². The lowest BCUT2D eigenvalue weighted by Crippen LogP contribution is -2.25. The molecule has 2 atom stereocenters. The molecule has 9 heteroatoms. The number of halogens is 3. The second-order valence-corrected chi connectivity index (χ2v) is 4.89. The SMILES string of the molecule is [2H]C1CC=C(c2nsnc2OCCOCCC(F)(F)F)C([2H])N1C([2H])([2H])[2H]. The molecule has 1 aliphatic heterocycles. The topological polar surface area (TPSA) is 47.5 Å². The van der Waals surface area contributed by atoms with Crippen LogP contribution >= 0.6 is 11.7 Å². The van der Waals surface area contributed by atoms with Crippen molar-refractivity contribution in [2.75, 3.05) is 39.8 Å². The Kier molecular flexibility index (Phi) is 4.07. The molecule has 0 aliphatic carbocycles. The number of ether oxygens (including phenoxy) is 2. The lowest BCUT2D eigenvalue weighted by Gasteiger charge is -2.22. The van der Waals surface area contributed by atoms with E-state index in [4.69, 9.17) is 16.3 Å². The fourth-order valence-electron chi connectivity index (χ4n) is 1.65. The van der Waals surface area contributed by atoms with Crippen molar-refractivity contribution >= 4 is 17.3 Å². The van der Waals surface area contributed by atoms with E-state index in [0.717, 1.165) is 16.6 Å². The molecule has 0 fully saturated rings. The molecule has 0 radical (unpaired) electrons. The number of likely N-dealkylation sites (N-methyl/N-ethyl adjacent to an activating group) is 1. The zero-order valence-electron chi connectivity index (χ0n) is 16.5. The predicted octanol–water partition coefficient (Wildman–Crippen LogP) is 2.60. The van der Waals surface area contributed by atoms with Crippen LogP contribution in [0.5, 0.6) is 5.88 Å². The van der Waals surface area contributed by atoms with Crippen LogP contribution in [-0.4, -0.2) is 59.7 Å². The highest BCUT2D eigenvalue weighted by Gasteiger charge is 2.26. The molecule has 1 aliphatic rings. The third-order valence-corrected chi connectivity index (χ3v) is 3.16. The zero-order valence-corrected chi connectivity index (χ0v) is 12.3. The van der Waals surface area contributed by atoms with Crippen LogP contribution in [0.1, 0.15) is 25.4 Å². The van der Waals surface area contributed by atoms with Crippen molar-refractivity contribution in [1.29, 1.82) is 0 Å². The highest BCUT2D eigenvalue weighted by Crippen LogP contribution is 2.26. The molecule has 0 bridgehead atoms. The van der Waals surface area contributed by atoms with Crippen LogP contribution < -0.4 is 4.74 Å². The van der Waals surface area contributed by atoms with Crippen LogP contribution in [0, 0.1) is 0 Å². The van der Waals surface area contributed by atoms with Crippen molar-refractivity contribution in [1.82, 2.24) is 13.6 Å². The molecule has 22 heavy (non-hydrogen) atoms. The van der Waals surface area contributed by atoms with E-state index in [-0.39, 0.29) is 36.8 Å². The summed E-state index contributed by atoms with van der Waals surface area (Å²) in [5, 5.41) is 0. The molecule has 0 amide bonds. The highest BCUT2D eigenvalue weighted by atomic mass is 32.1. The molecule has 0 N–H and O–H groups in total. The van der Waals surface area contributed by atoms with Gasteiger partial charge in [-0.25, -0.2) is 0 Å². The molecule has 5 nitrogen and oxygen atoms in total. The van der Waals surface area contributed by atoms with Gasteiger partial charge < -0.3 is 14.4 Å². The Balaban J connectivity index is 1.96. The molecule has 0 saturated heterocycles. The third kappa shape index (κ3) is 5.54. The number of hydrogen-bond acceptors (Lipinski definition) is 6. The third-order valence-electron chi connectivity index (χ3n) is 2.65. The van der Waals surface area contributed by atoms with Crippen molar-refractivity contribution in [2.24, 2.45) is 0 Å². The summed E-state index contributed by atoms with van der Waals surface area (Å²) in [6.45, 7) is -5.68. The van der Waals surface area contributed by atoms with E-state index in [1.54, 1.807) is 6.08 Å². The number of rotatable bonds is 7. The molecule has 2 heterocycles. The van der Waals surface area contributed by atoms with Crippen molar-refractivity contribution in [3.63, 3.8) is 0 Å². The molecule has 2 rings (SSSR count). The number of nitrogens with zero attached hydrogens (tertiary/aromatic N) is 3. The van der Waals surface area contributed by atoms with Gasteiger partial charge in [0.2, 0.25) is 0 Å². The molecular weight excluding hydrogens is 319 g/mol. The molecule has 1 aromatic heterocycles. The average Bonchev–Trinajstić information content (AvgIpc) is 2.96. The van der Waals surface area contributed by atoms with Crippen LogP contribution in [0.3, 0.4) is 0 Å². The maximum atomic E-state index is 12.0. The first-order chi connectivity index (χ1) is 12.5. The van der Waals surface area contributed by atoms with Crippen LogP contribution in [0.2, 0.25) is 0 Å². The Bertz CT molecular complexity index is 656. The minimum atomic E-state index is -4.28. The molecule has 124 valence electrons. The van der Waals surface area contributed by atoms with Crippen molar-refractivity contribution in [2.45, 2.75) is 19.0 Å². The molecule has 2 unspecified atom stereocenters. The van der Waals surface area contributed by atoms with Gasteiger partial charge in [-0.15, -0.1) is 4.37 Å². The summed E-state index contributed by atoms with van der Waals surface area (Å²) in [7, 11) is 0. The quantitative estimate of drug-likeness (QED) is 0.713. The summed E-state index contributed by atoms with van der Waals surface area (Å²) in [5.74, 6) is 0.0526. The van der Waals surface area contributed by atoms with Crippen molar-refractivity contribution in [3.05, 3.63) is 11.8 Å². The van der Waals surface area contributed by atoms with Crippen molar-refractivity contribution < 1.29 is 29.5 Å². The minimum Gasteiger partial charge on any atom is -0.473 e. The van der Waals surface area contributed by atoms with Crippen LogP contribution in [0.4, 0.5) is 13.2 Å². The van der Waals surface area contributed by atoms with E-state index in [1.807, 2.05) is 0 Å². The molecular formula is C13H18F3N3O2S. The molecule has 0 spiro atoms. The first-order valence-electron chi connectivity index (χ1n) is 9.09. The number of aromatic nitrogens is 2. The lowest BCUT2D eigenvalue weighted by molar-refractivity contribution is -0.145. The summed E-state index contributed by atoms with van der Waals surface area (Å²) >= 11 is 0.798. The molecule has 0 saturated carbocycles. The maximum absolute atomic E-state index is 12.0. The van der Waals surface area contributed by atoms with E-state index in [2.05, 4.69) is 8.75 Å². The van der Waals surface area contributed by atoms with Crippen LogP contribution in [0.15, 0.2) is 6.08 Å². The fourth-order valence-corrected chi connectivity index (χ4v) is 2.16. The van der Waals surface area contributed by atoms with Crippen LogP contribution in [0.25, 0.3) is 5.57 Å². The summed E-state index contributed by atoms with van der Waals surface area (Å²) in [6.07, 6.45) is -3.68. The van der Waals surface area contributed by atoms with Gasteiger partial charge in [0.25, 0.3) is 5.88 Å². The van der Waals surface area contributed by atoms with Gasteiger partial charge in [-0.05, 0) is 19.0 Å². The highest BCUT2D eigenvalue weighted by molar-refractivity contribution is 6.99. The second-order valence-electron chi connectivity index (χ2n) is 4.36. The number of alkyl halides is 3. The smallest absolute Gasteiger partial charge is 0.391 e. The summed E-state index contributed by atoms with van der Waals surface area (Å²) < 4.78 is 92.8.